The van der Waals surface area contributed by atoms with Crippen molar-refractivity contribution in [2.75, 3.05) is 37.2 Å². The van der Waals surface area contributed by atoms with E-state index < -0.39 is 11.7 Å². The maximum absolute atomic E-state index is 12.5. The second-order valence-electron chi connectivity index (χ2n) is 5.65. The minimum atomic E-state index is -0.682. The number of hydrogen-bond acceptors (Lipinski definition) is 6. The third-order valence-corrected chi connectivity index (χ3v) is 4.32. The molecule has 0 aliphatic carbocycles. The minimum absolute atomic E-state index is 0.0164. The molecular formula is C19H18ClN3O5. The Morgan fingerprint density at radius 2 is 1.75 bits per heavy atom. The Bertz CT molecular complexity index is 1100. The first-order chi connectivity index (χ1) is 13.5. The number of para-hydroxylation sites is 1. The van der Waals surface area contributed by atoms with Crippen LogP contribution in [0.2, 0.25) is 5.02 Å². The molecule has 1 heterocycles. The highest BCUT2D eigenvalue weighted by molar-refractivity contribution is 6.32. The van der Waals surface area contributed by atoms with Gasteiger partial charge >= 0.3 is 11.7 Å². The van der Waals surface area contributed by atoms with Gasteiger partial charge in [0, 0.05) is 18.5 Å². The molecule has 0 radical (unpaired) electrons. The van der Waals surface area contributed by atoms with E-state index in [-0.39, 0.29) is 5.69 Å². The number of ether oxygens (including phenoxy) is 2. The highest BCUT2D eigenvalue weighted by Crippen LogP contribution is 2.36. The van der Waals surface area contributed by atoms with Crippen LogP contribution >= 0.6 is 11.6 Å². The van der Waals surface area contributed by atoms with Crippen LogP contribution in [0.3, 0.4) is 0 Å². The van der Waals surface area contributed by atoms with Crippen LogP contribution in [0.1, 0.15) is 0 Å². The van der Waals surface area contributed by atoms with Crippen molar-refractivity contribution in [1.82, 2.24) is 0 Å². The summed E-state index contributed by atoms with van der Waals surface area (Å²) >= 11 is 6.11. The lowest BCUT2D eigenvalue weighted by atomic mass is 10.2. The highest BCUT2D eigenvalue weighted by atomic mass is 35.5. The van der Waals surface area contributed by atoms with Crippen LogP contribution in [-0.4, -0.2) is 27.3 Å². The van der Waals surface area contributed by atoms with E-state index in [1.54, 1.807) is 37.4 Å². The Kier molecular flexibility index (Phi) is 5.60. The predicted octanol–water partition coefficient (Wildman–Crippen LogP) is 4.15. The van der Waals surface area contributed by atoms with Crippen molar-refractivity contribution in [3.05, 3.63) is 51.8 Å². The van der Waals surface area contributed by atoms with Crippen LogP contribution in [0.25, 0.3) is 11.0 Å². The summed E-state index contributed by atoms with van der Waals surface area (Å²) in [6.45, 7) is 0. The summed E-state index contributed by atoms with van der Waals surface area (Å²) in [6, 6.07) is 9.37. The molecule has 0 atom stereocenters. The van der Waals surface area contributed by atoms with E-state index in [2.05, 4.69) is 16.0 Å². The third-order valence-electron chi connectivity index (χ3n) is 4.02. The fraction of sp³-hybridized carbons (Fsp3) is 0.158. The molecule has 9 heteroatoms. The van der Waals surface area contributed by atoms with E-state index in [9.17, 15) is 9.59 Å². The van der Waals surface area contributed by atoms with Gasteiger partial charge in [0.1, 0.15) is 17.1 Å². The normalized spacial score (nSPS) is 10.4. The number of methoxy groups -OCH3 is 2. The lowest BCUT2D eigenvalue weighted by Crippen LogP contribution is -2.24. The van der Waals surface area contributed by atoms with Crippen molar-refractivity contribution in [2.24, 2.45) is 0 Å². The standard InChI is InChI=1S/C19H18ClN3O5/c1-21-16-10-6-4-5-7-13(10)28-18(24)17(16)23-19(25)22-12-8-11(20)14(26-2)9-15(12)27-3/h4-9,21H,1-3H3,(H2,22,23,25). The zero-order chi connectivity index (χ0) is 20.3. The van der Waals surface area contributed by atoms with E-state index in [0.29, 0.717) is 38.9 Å². The van der Waals surface area contributed by atoms with E-state index in [4.69, 9.17) is 25.5 Å². The Balaban J connectivity index is 1.93. The van der Waals surface area contributed by atoms with Crippen LogP contribution in [0.4, 0.5) is 21.9 Å². The van der Waals surface area contributed by atoms with Crippen LogP contribution in [0.15, 0.2) is 45.6 Å². The molecule has 0 fully saturated rings. The van der Waals surface area contributed by atoms with Crippen molar-refractivity contribution in [3.8, 4) is 11.5 Å². The van der Waals surface area contributed by atoms with Gasteiger partial charge in [-0.05, 0) is 18.2 Å². The summed E-state index contributed by atoms with van der Waals surface area (Å²) in [6.07, 6.45) is 0. The maximum atomic E-state index is 12.5. The maximum Gasteiger partial charge on any atom is 0.362 e. The Hall–Kier alpha value is -3.39. The minimum Gasteiger partial charge on any atom is -0.495 e. The monoisotopic (exact) mass is 403 g/mol. The fourth-order valence-electron chi connectivity index (χ4n) is 2.75. The molecule has 0 aliphatic rings. The molecule has 146 valence electrons. The molecule has 3 N–H and O–H groups in total. The number of amides is 2. The van der Waals surface area contributed by atoms with Gasteiger partial charge in [0.2, 0.25) is 0 Å². The average Bonchev–Trinajstić information content (AvgIpc) is 2.68. The number of carbonyl (C=O) groups is 1. The zero-order valence-corrected chi connectivity index (χ0v) is 16.1. The number of hydrogen-bond donors (Lipinski definition) is 3. The van der Waals surface area contributed by atoms with Crippen molar-refractivity contribution in [2.45, 2.75) is 0 Å². The van der Waals surface area contributed by atoms with E-state index >= 15 is 0 Å². The molecule has 3 aromatic rings. The molecule has 28 heavy (non-hydrogen) atoms. The van der Waals surface area contributed by atoms with Gasteiger partial charge in [-0.15, -0.1) is 0 Å². The number of anilines is 3. The molecule has 0 spiro atoms. The van der Waals surface area contributed by atoms with E-state index in [1.165, 1.54) is 20.3 Å². The second kappa shape index (κ2) is 8.10. The van der Waals surface area contributed by atoms with Gasteiger partial charge in [-0.25, -0.2) is 9.59 Å². The molecular weight excluding hydrogens is 386 g/mol. The first-order valence-corrected chi connectivity index (χ1v) is 8.59. The Morgan fingerprint density at radius 3 is 2.43 bits per heavy atom. The number of rotatable bonds is 5. The first kappa shape index (κ1) is 19.4. The lowest BCUT2D eigenvalue weighted by Gasteiger charge is -2.15. The van der Waals surface area contributed by atoms with Crippen molar-refractivity contribution < 1.29 is 18.7 Å². The Morgan fingerprint density at radius 1 is 1.04 bits per heavy atom. The quantitative estimate of drug-likeness (QED) is 0.553. The summed E-state index contributed by atoms with van der Waals surface area (Å²) in [4.78, 5) is 24.9. The summed E-state index contributed by atoms with van der Waals surface area (Å²) in [5.74, 6) is 0.743. The van der Waals surface area contributed by atoms with E-state index in [1.807, 2.05) is 0 Å². The average molecular weight is 404 g/mol. The largest absolute Gasteiger partial charge is 0.495 e. The van der Waals surface area contributed by atoms with Gasteiger partial charge in [0.15, 0.2) is 5.69 Å². The van der Waals surface area contributed by atoms with Crippen LogP contribution in [0, 0.1) is 0 Å². The predicted molar refractivity (Wildman–Crippen MR) is 109 cm³/mol. The number of fused-ring (bicyclic) bond motifs is 1. The van der Waals surface area contributed by atoms with Crippen LogP contribution < -0.4 is 31.0 Å². The Labute approximate surface area is 165 Å². The second-order valence-corrected chi connectivity index (χ2v) is 6.06. The molecule has 0 unspecified atom stereocenters. The van der Waals surface area contributed by atoms with Gasteiger partial charge in [0.25, 0.3) is 0 Å². The molecule has 2 aromatic carbocycles. The molecule has 0 saturated carbocycles. The smallest absolute Gasteiger partial charge is 0.362 e. The first-order valence-electron chi connectivity index (χ1n) is 8.21. The molecule has 0 bridgehead atoms. The number of benzene rings is 2. The zero-order valence-electron chi connectivity index (χ0n) is 15.4. The molecule has 0 saturated heterocycles. The van der Waals surface area contributed by atoms with Gasteiger partial charge in [-0.2, -0.15) is 0 Å². The number of urea groups is 1. The third kappa shape index (κ3) is 3.67. The summed E-state index contributed by atoms with van der Waals surface area (Å²) in [7, 11) is 4.57. The van der Waals surface area contributed by atoms with Crippen molar-refractivity contribution in [1.29, 1.82) is 0 Å². The van der Waals surface area contributed by atoms with Crippen LogP contribution in [0.5, 0.6) is 11.5 Å². The van der Waals surface area contributed by atoms with Crippen molar-refractivity contribution in [3.63, 3.8) is 0 Å². The molecule has 2 amide bonds. The van der Waals surface area contributed by atoms with E-state index in [0.717, 1.165) is 0 Å². The molecule has 3 rings (SSSR count). The van der Waals surface area contributed by atoms with Crippen LogP contribution in [-0.2, 0) is 0 Å². The number of carbonyl (C=O) groups excluding carboxylic acids is 1. The molecule has 8 nitrogen and oxygen atoms in total. The summed E-state index contributed by atoms with van der Waals surface area (Å²) in [5.41, 5.74) is 0.463. The fourth-order valence-corrected chi connectivity index (χ4v) is 2.99. The van der Waals surface area contributed by atoms with Gasteiger partial charge in [-0.1, -0.05) is 23.7 Å². The summed E-state index contributed by atoms with van der Waals surface area (Å²) < 4.78 is 15.7. The van der Waals surface area contributed by atoms with Gasteiger partial charge in [-0.3, -0.25) is 5.32 Å². The number of nitrogens with one attached hydrogen (secondary N) is 3. The number of halogens is 1. The van der Waals surface area contributed by atoms with Gasteiger partial charge in [0.05, 0.1) is 30.6 Å². The highest BCUT2D eigenvalue weighted by Gasteiger charge is 2.18. The van der Waals surface area contributed by atoms with Crippen molar-refractivity contribution >= 4 is 45.7 Å². The summed E-state index contributed by atoms with van der Waals surface area (Å²) in [5, 5.41) is 9.01. The topological polar surface area (TPSA) is 102 Å². The SMILES string of the molecule is CNc1c(NC(=O)Nc2cc(Cl)c(OC)cc2OC)c(=O)oc2ccccc12. The van der Waals surface area contributed by atoms with Gasteiger partial charge < -0.3 is 24.5 Å². The molecule has 1 aromatic heterocycles. The lowest BCUT2D eigenvalue weighted by molar-refractivity contribution is 0.262. The molecule has 0 aliphatic heterocycles.